The van der Waals surface area contributed by atoms with E-state index < -0.39 is 5.97 Å². The molecule has 0 saturated carbocycles. The molecule has 2 heterocycles. The minimum absolute atomic E-state index is 0.165. The van der Waals surface area contributed by atoms with Gasteiger partial charge < -0.3 is 23.7 Å². The molecule has 7 heteroatoms. The van der Waals surface area contributed by atoms with Crippen LogP contribution in [0.1, 0.15) is 11.1 Å². The largest absolute Gasteiger partial charge is 0.493 e. The van der Waals surface area contributed by atoms with Gasteiger partial charge in [0.05, 0.1) is 21.3 Å². The smallest absolute Gasteiger partial charge is 0.363 e. The van der Waals surface area contributed by atoms with Gasteiger partial charge in [-0.05, 0) is 35.9 Å². The summed E-state index contributed by atoms with van der Waals surface area (Å²) in [6, 6.07) is 11.0. The van der Waals surface area contributed by atoms with Crippen LogP contribution in [0, 0.1) is 0 Å². The molecule has 2 aromatic rings. The number of fused-ring (bicyclic) bond motifs is 1. The minimum atomic E-state index is -0.534. The summed E-state index contributed by atoms with van der Waals surface area (Å²) in [5, 5.41) is 0. The van der Waals surface area contributed by atoms with Gasteiger partial charge in [0.25, 0.3) is 0 Å². The molecule has 0 N–H and O–H groups in total. The van der Waals surface area contributed by atoms with Gasteiger partial charge in [-0.1, -0.05) is 18.2 Å². The highest BCUT2D eigenvalue weighted by Crippen LogP contribution is 2.39. The second kappa shape index (κ2) is 7.71. The lowest BCUT2D eigenvalue weighted by atomic mass is 10.1. The summed E-state index contributed by atoms with van der Waals surface area (Å²) < 4.78 is 27.1. The van der Waals surface area contributed by atoms with Crippen LogP contribution in [0.4, 0.5) is 0 Å². The van der Waals surface area contributed by atoms with E-state index in [9.17, 15) is 4.79 Å². The van der Waals surface area contributed by atoms with E-state index in [1.807, 2.05) is 30.3 Å². The Balaban J connectivity index is 1.68. The van der Waals surface area contributed by atoms with Gasteiger partial charge in [-0.25, -0.2) is 9.79 Å². The molecule has 0 unspecified atom stereocenters. The summed E-state index contributed by atoms with van der Waals surface area (Å²) in [5.41, 5.74) is 2.51. The summed E-state index contributed by atoms with van der Waals surface area (Å²) in [4.78, 5) is 16.7. The number of cyclic esters (lactones) is 1. The number of para-hydroxylation sites is 1. The average Bonchev–Trinajstić information content (AvgIpc) is 3.12. The standard InChI is InChI=1S/C22H19NO6/c1-25-18-10-15(11-19(26-2)20(18)27-3)21-23-16(22(24)29-21)9-13-8-14-6-4-5-7-17(14)28-12-13/h4-11H,12H2,1-3H3. The number of carbonyl (C=O) groups is 1. The van der Waals surface area contributed by atoms with Gasteiger partial charge in [0.15, 0.2) is 17.2 Å². The first kappa shape index (κ1) is 18.6. The fourth-order valence-electron chi connectivity index (χ4n) is 3.13. The van der Waals surface area contributed by atoms with Crippen molar-refractivity contribution in [2.24, 2.45) is 4.99 Å². The number of ether oxygens (including phenoxy) is 5. The topological polar surface area (TPSA) is 75.6 Å². The maximum absolute atomic E-state index is 12.3. The van der Waals surface area contributed by atoms with Crippen molar-refractivity contribution in [2.75, 3.05) is 27.9 Å². The minimum Gasteiger partial charge on any atom is -0.493 e. The molecule has 0 bridgehead atoms. The molecular weight excluding hydrogens is 374 g/mol. The van der Waals surface area contributed by atoms with Crippen molar-refractivity contribution in [3.63, 3.8) is 0 Å². The number of carbonyl (C=O) groups excluding carboxylic acids is 1. The van der Waals surface area contributed by atoms with E-state index >= 15 is 0 Å². The van der Waals surface area contributed by atoms with Crippen molar-refractivity contribution in [1.82, 2.24) is 0 Å². The zero-order chi connectivity index (χ0) is 20.4. The molecule has 0 spiro atoms. The molecule has 0 radical (unpaired) electrons. The van der Waals surface area contributed by atoms with Crippen LogP contribution in [0.25, 0.3) is 6.08 Å². The van der Waals surface area contributed by atoms with Crippen molar-refractivity contribution in [1.29, 1.82) is 0 Å². The van der Waals surface area contributed by atoms with Crippen molar-refractivity contribution >= 4 is 17.9 Å². The van der Waals surface area contributed by atoms with Crippen molar-refractivity contribution in [2.45, 2.75) is 0 Å². The zero-order valence-corrected chi connectivity index (χ0v) is 16.2. The zero-order valence-electron chi connectivity index (χ0n) is 16.2. The number of nitrogens with zero attached hydrogens (tertiary/aromatic N) is 1. The molecule has 29 heavy (non-hydrogen) atoms. The lowest BCUT2D eigenvalue weighted by molar-refractivity contribution is -0.130. The molecule has 148 valence electrons. The summed E-state index contributed by atoms with van der Waals surface area (Å²) in [7, 11) is 4.55. The van der Waals surface area contributed by atoms with Crippen LogP contribution in [-0.2, 0) is 9.53 Å². The lowest BCUT2D eigenvalue weighted by Crippen LogP contribution is -2.08. The highest BCUT2D eigenvalue weighted by atomic mass is 16.6. The predicted octanol–water partition coefficient (Wildman–Crippen LogP) is 3.38. The molecule has 4 rings (SSSR count). The van der Waals surface area contributed by atoms with Crippen molar-refractivity contribution in [3.05, 3.63) is 64.9 Å². The van der Waals surface area contributed by atoms with Crippen LogP contribution in [0.15, 0.2) is 58.7 Å². The highest BCUT2D eigenvalue weighted by Gasteiger charge is 2.27. The molecule has 2 aliphatic rings. The highest BCUT2D eigenvalue weighted by molar-refractivity contribution is 6.11. The van der Waals surface area contributed by atoms with Gasteiger partial charge in [-0.2, -0.15) is 0 Å². The second-order valence-electron chi connectivity index (χ2n) is 6.30. The number of esters is 1. The Bertz CT molecular complexity index is 1040. The van der Waals surface area contributed by atoms with E-state index in [1.165, 1.54) is 21.3 Å². The number of rotatable bonds is 5. The molecule has 2 aliphatic heterocycles. The van der Waals surface area contributed by atoms with Gasteiger partial charge in [-0.3, -0.25) is 0 Å². The Labute approximate surface area is 167 Å². The summed E-state index contributed by atoms with van der Waals surface area (Å²) >= 11 is 0. The molecule has 0 saturated heterocycles. The van der Waals surface area contributed by atoms with Crippen LogP contribution in [-0.4, -0.2) is 39.8 Å². The molecule has 2 aromatic carbocycles. The summed E-state index contributed by atoms with van der Waals surface area (Å²) in [6.07, 6.45) is 3.63. The molecule has 0 atom stereocenters. The van der Waals surface area contributed by atoms with E-state index in [4.69, 9.17) is 23.7 Å². The molecular formula is C22H19NO6. The molecule has 7 nitrogen and oxygen atoms in total. The second-order valence-corrected chi connectivity index (χ2v) is 6.30. The number of methoxy groups -OCH3 is 3. The average molecular weight is 393 g/mol. The fourth-order valence-corrected chi connectivity index (χ4v) is 3.13. The van der Waals surface area contributed by atoms with Gasteiger partial charge in [0.2, 0.25) is 11.6 Å². The summed E-state index contributed by atoms with van der Waals surface area (Å²) in [5.74, 6) is 1.77. The summed E-state index contributed by atoms with van der Waals surface area (Å²) in [6.45, 7) is 0.350. The van der Waals surface area contributed by atoms with E-state index in [0.717, 1.165) is 16.9 Å². The first-order valence-electron chi connectivity index (χ1n) is 8.88. The third-order valence-electron chi connectivity index (χ3n) is 4.51. The van der Waals surface area contributed by atoms with Crippen LogP contribution in [0.2, 0.25) is 0 Å². The van der Waals surface area contributed by atoms with Crippen LogP contribution >= 0.6 is 0 Å². The van der Waals surface area contributed by atoms with Gasteiger partial charge >= 0.3 is 5.97 Å². The van der Waals surface area contributed by atoms with Crippen LogP contribution < -0.4 is 18.9 Å². The first-order chi connectivity index (χ1) is 14.1. The van der Waals surface area contributed by atoms with Gasteiger partial charge in [0, 0.05) is 11.1 Å². The Morgan fingerprint density at radius 3 is 2.45 bits per heavy atom. The molecule has 0 aliphatic carbocycles. The number of benzene rings is 2. The van der Waals surface area contributed by atoms with E-state index in [0.29, 0.717) is 29.4 Å². The van der Waals surface area contributed by atoms with Crippen molar-refractivity contribution in [3.8, 4) is 23.0 Å². The third kappa shape index (κ3) is 3.54. The Morgan fingerprint density at radius 2 is 1.76 bits per heavy atom. The Morgan fingerprint density at radius 1 is 1.03 bits per heavy atom. The normalized spacial score (nSPS) is 16.4. The Kier molecular flexibility index (Phi) is 4.95. The monoisotopic (exact) mass is 393 g/mol. The van der Waals surface area contributed by atoms with Crippen molar-refractivity contribution < 1.29 is 28.5 Å². The van der Waals surface area contributed by atoms with Crippen LogP contribution in [0.5, 0.6) is 23.0 Å². The van der Waals surface area contributed by atoms with Gasteiger partial charge in [-0.15, -0.1) is 0 Å². The maximum Gasteiger partial charge on any atom is 0.363 e. The molecule has 0 aromatic heterocycles. The quantitative estimate of drug-likeness (QED) is 0.573. The van der Waals surface area contributed by atoms with E-state index in [-0.39, 0.29) is 11.6 Å². The number of aliphatic imine (C=N–C) groups is 1. The molecule has 0 fully saturated rings. The number of hydrogen-bond acceptors (Lipinski definition) is 7. The van der Waals surface area contributed by atoms with E-state index in [1.54, 1.807) is 18.2 Å². The fraction of sp³-hybridized carbons (Fsp3) is 0.182. The lowest BCUT2D eigenvalue weighted by Gasteiger charge is -2.15. The van der Waals surface area contributed by atoms with Crippen LogP contribution in [0.3, 0.4) is 0 Å². The maximum atomic E-state index is 12.3. The van der Waals surface area contributed by atoms with E-state index in [2.05, 4.69) is 4.99 Å². The van der Waals surface area contributed by atoms with Gasteiger partial charge in [0.1, 0.15) is 12.4 Å². The third-order valence-corrected chi connectivity index (χ3v) is 4.51. The molecule has 0 amide bonds. The first-order valence-corrected chi connectivity index (χ1v) is 8.88. The SMILES string of the molecule is COc1cc(C2=NC(=CC3=Cc4ccccc4OC3)C(=O)O2)cc(OC)c1OC. The predicted molar refractivity (Wildman–Crippen MR) is 107 cm³/mol. The number of hydrogen-bond donors (Lipinski definition) is 0. The Hall–Kier alpha value is -3.74.